The fourth-order valence-electron chi connectivity index (χ4n) is 1.18. The van der Waals surface area contributed by atoms with Gasteiger partial charge in [0.1, 0.15) is 0 Å². The van der Waals surface area contributed by atoms with Crippen molar-refractivity contribution in [2.24, 2.45) is 0 Å². The van der Waals surface area contributed by atoms with E-state index in [1.54, 1.807) is 4.90 Å². The summed E-state index contributed by atoms with van der Waals surface area (Å²) in [7, 11) is -0.904. The van der Waals surface area contributed by atoms with E-state index in [2.05, 4.69) is 5.32 Å². The third-order valence-corrected chi connectivity index (χ3v) is 4.24. The summed E-state index contributed by atoms with van der Waals surface area (Å²) in [6.45, 7) is 11.6. The maximum atomic E-state index is 11.7. The van der Waals surface area contributed by atoms with Crippen LogP contribution in [0, 0.1) is 0 Å². The van der Waals surface area contributed by atoms with E-state index < -0.39 is 10.8 Å². The average Bonchev–Trinajstić information content (AvgIpc) is 2.18. The monoisotopic (exact) mass is 248 g/mol. The van der Waals surface area contributed by atoms with Gasteiger partial charge in [0.25, 0.3) is 0 Å². The number of carbonyl (C=O) groups excluding carboxylic acids is 1. The molecule has 0 rings (SSSR count). The number of hydrogen-bond donors (Lipinski definition) is 1. The van der Waals surface area contributed by atoms with Crippen LogP contribution in [0.1, 0.15) is 34.6 Å². The first-order chi connectivity index (χ1) is 7.32. The van der Waals surface area contributed by atoms with E-state index >= 15 is 0 Å². The first-order valence-corrected chi connectivity index (χ1v) is 7.06. The van der Waals surface area contributed by atoms with Gasteiger partial charge in [-0.15, -0.1) is 0 Å². The minimum Gasteiger partial charge on any atom is -0.337 e. The summed E-state index contributed by atoms with van der Waals surface area (Å²) >= 11 is 0. The Morgan fingerprint density at radius 3 is 2.12 bits per heavy atom. The lowest BCUT2D eigenvalue weighted by Gasteiger charge is -2.21. The fraction of sp³-hybridized carbons (Fsp3) is 0.909. The first-order valence-electron chi connectivity index (χ1n) is 5.74. The van der Waals surface area contributed by atoms with Gasteiger partial charge >= 0.3 is 6.03 Å². The number of nitrogens with zero attached hydrogens (tertiary/aromatic N) is 1. The smallest absolute Gasteiger partial charge is 0.317 e. The van der Waals surface area contributed by atoms with Crippen LogP contribution in [0.2, 0.25) is 0 Å². The molecule has 0 saturated heterocycles. The second-order valence-electron chi connectivity index (χ2n) is 4.57. The van der Waals surface area contributed by atoms with Gasteiger partial charge < -0.3 is 10.2 Å². The van der Waals surface area contributed by atoms with Crippen molar-refractivity contribution in [1.82, 2.24) is 10.2 Å². The molecule has 1 N–H and O–H groups in total. The molecule has 0 unspecified atom stereocenters. The topological polar surface area (TPSA) is 49.4 Å². The van der Waals surface area contributed by atoms with E-state index in [0.29, 0.717) is 25.4 Å². The number of amides is 2. The highest BCUT2D eigenvalue weighted by atomic mass is 32.2. The molecule has 0 aromatic heterocycles. The van der Waals surface area contributed by atoms with Crippen molar-refractivity contribution < 1.29 is 9.00 Å². The molecule has 16 heavy (non-hydrogen) atoms. The molecule has 0 saturated carbocycles. The fourth-order valence-corrected chi connectivity index (χ4v) is 2.08. The summed E-state index contributed by atoms with van der Waals surface area (Å²) in [5.74, 6) is 0.510. The Morgan fingerprint density at radius 1 is 1.25 bits per heavy atom. The summed E-state index contributed by atoms with van der Waals surface area (Å²) in [5, 5.41) is 2.78. The first kappa shape index (κ1) is 15.4. The molecule has 0 fully saturated rings. The Bertz CT molecular complexity index is 245. The van der Waals surface area contributed by atoms with Crippen LogP contribution in [0.15, 0.2) is 0 Å². The van der Waals surface area contributed by atoms with Crippen molar-refractivity contribution in [3.63, 3.8) is 0 Å². The summed E-state index contributed by atoms with van der Waals surface area (Å²) < 4.78 is 11.5. The summed E-state index contributed by atoms with van der Waals surface area (Å²) in [6, 6.07) is -0.0732. The minimum atomic E-state index is -0.904. The van der Waals surface area contributed by atoms with Crippen molar-refractivity contribution in [3.05, 3.63) is 0 Å². The van der Waals surface area contributed by atoms with Crippen molar-refractivity contribution in [2.75, 3.05) is 25.4 Å². The Morgan fingerprint density at radius 2 is 1.75 bits per heavy atom. The lowest BCUT2D eigenvalue weighted by atomic mass is 10.3. The molecule has 0 aliphatic carbocycles. The minimum absolute atomic E-state index is 0.0732. The molecule has 0 aliphatic heterocycles. The lowest BCUT2D eigenvalue weighted by molar-refractivity contribution is 0.204. The van der Waals surface area contributed by atoms with Gasteiger partial charge in [0.15, 0.2) is 0 Å². The van der Waals surface area contributed by atoms with E-state index in [9.17, 15) is 9.00 Å². The molecule has 0 aromatic carbocycles. The Hall–Kier alpha value is -0.580. The number of urea groups is 1. The second kappa shape index (κ2) is 6.89. The van der Waals surface area contributed by atoms with Crippen LogP contribution in [0.4, 0.5) is 4.79 Å². The van der Waals surface area contributed by atoms with Gasteiger partial charge in [0.05, 0.1) is 0 Å². The molecular formula is C11H24N2O2S. The standard InChI is InChI=1S/C11H24N2O2S/c1-6-13(7-2)10(14)12-8-9-16(15)11(3,4)5/h6-9H2,1-5H3,(H,12,14)/t16-/m0/s1. The number of hydrogen-bond acceptors (Lipinski definition) is 2. The van der Waals surface area contributed by atoms with Crippen LogP contribution >= 0.6 is 0 Å². The molecule has 4 nitrogen and oxygen atoms in total. The SMILES string of the molecule is CCN(CC)C(=O)NCC[S@](=O)C(C)(C)C. The van der Waals surface area contributed by atoms with Gasteiger partial charge in [-0.3, -0.25) is 4.21 Å². The molecule has 0 aliphatic rings. The normalized spacial score (nSPS) is 13.3. The second-order valence-corrected chi connectivity index (χ2v) is 6.89. The van der Waals surface area contributed by atoms with E-state index in [4.69, 9.17) is 0 Å². The summed E-state index contributed by atoms with van der Waals surface area (Å²) in [4.78, 5) is 13.3. The predicted octanol–water partition coefficient (Wildman–Crippen LogP) is 1.58. The molecule has 0 spiro atoms. The number of rotatable bonds is 5. The summed E-state index contributed by atoms with van der Waals surface area (Å²) in [5.41, 5.74) is 0. The molecule has 96 valence electrons. The van der Waals surface area contributed by atoms with E-state index in [1.807, 2.05) is 34.6 Å². The van der Waals surface area contributed by atoms with Gasteiger partial charge in [0.2, 0.25) is 0 Å². The zero-order chi connectivity index (χ0) is 12.8. The highest BCUT2D eigenvalue weighted by Crippen LogP contribution is 2.10. The lowest BCUT2D eigenvalue weighted by Crippen LogP contribution is -2.41. The zero-order valence-electron chi connectivity index (χ0n) is 11.0. The van der Waals surface area contributed by atoms with Gasteiger partial charge in [-0.1, -0.05) is 0 Å². The molecular weight excluding hydrogens is 224 g/mol. The van der Waals surface area contributed by atoms with Crippen LogP contribution in [0.3, 0.4) is 0 Å². The third-order valence-electron chi connectivity index (χ3n) is 2.30. The van der Waals surface area contributed by atoms with E-state index in [0.717, 1.165) is 0 Å². The van der Waals surface area contributed by atoms with Crippen LogP contribution < -0.4 is 5.32 Å². The Balaban J connectivity index is 3.91. The van der Waals surface area contributed by atoms with E-state index in [-0.39, 0.29) is 10.8 Å². The maximum Gasteiger partial charge on any atom is 0.317 e. The molecule has 1 atom stereocenters. The maximum absolute atomic E-state index is 11.7. The quantitative estimate of drug-likeness (QED) is 0.803. The molecule has 0 heterocycles. The van der Waals surface area contributed by atoms with Crippen LogP contribution in [-0.4, -0.2) is 45.3 Å². The van der Waals surface area contributed by atoms with Crippen LogP contribution in [0.5, 0.6) is 0 Å². The van der Waals surface area contributed by atoms with Crippen LogP contribution in [-0.2, 0) is 10.8 Å². The highest BCUT2D eigenvalue weighted by molar-refractivity contribution is 7.86. The van der Waals surface area contributed by atoms with Crippen molar-refractivity contribution >= 4 is 16.8 Å². The molecule has 2 amide bonds. The number of nitrogens with one attached hydrogen (secondary N) is 1. The van der Waals surface area contributed by atoms with E-state index in [1.165, 1.54) is 0 Å². The van der Waals surface area contributed by atoms with Gasteiger partial charge in [-0.25, -0.2) is 4.79 Å². The average molecular weight is 248 g/mol. The van der Waals surface area contributed by atoms with Crippen LogP contribution in [0.25, 0.3) is 0 Å². The number of carbonyl (C=O) groups is 1. The molecule has 0 aromatic rings. The van der Waals surface area contributed by atoms with Gasteiger partial charge in [-0.05, 0) is 34.6 Å². The van der Waals surface area contributed by atoms with Gasteiger partial charge in [-0.2, -0.15) is 0 Å². The molecule has 0 bridgehead atoms. The largest absolute Gasteiger partial charge is 0.337 e. The highest BCUT2D eigenvalue weighted by Gasteiger charge is 2.19. The molecule has 0 radical (unpaired) electrons. The van der Waals surface area contributed by atoms with Crippen molar-refractivity contribution in [3.8, 4) is 0 Å². The van der Waals surface area contributed by atoms with Crippen molar-refractivity contribution in [2.45, 2.75) is 39.4 Å². The summed E-state index contributed by atoms with van der Waals surface area (Å²) in [6.07, 6.45) is 0. The zero-order valence-corrected chi connectivity index (χ0v) is 11.8. The molecule has 5 heteroatoms. The Kier molecular flexibility index (Phi) is 6.64. The predicted molar refractivity (Wildman–Crippen MR) is 69.1 cm³/mol. The van der Waals surface area contributed by atoms with Gasteiger partial charge in [0, 0.05) is 40.9 Å². The third kappa shape index (κ3) is 5.49. The van der Waals surface area contributed by atoms with Crippen molar-refractivity contribution in [1.29, 1.82) is 0 Å². The Labute approximate surface area is 101 Å².